The molecule has 0 aliphatic rings. The molecule has 1 amide bonds. The van der Waals surface area contributed by atoms with Crippen LogP contribution in [0.5, 0.6) is 5.75 Å². The molecule has 4 N–H and O–H groups in total. The standard InChI is InChI=1S/C26H25N3O4/c1-33-25-20(26(32)27-23(16-31)19-5-3-2-4-6-19)12-14-22-24(25)21(28-29-22)13-11-17-7-9-18(15-30)10-8-17/h2-14,23,30-31H,15-16H2,1H3,(H,27,32)(H,28,29)/b13-11+/t23-/m1/s1. The molecule has 0 aliphatic heterocycles. The van der Waals surface area contributed by atoms with Crippen molar-refractivity contribution < 1.29 is 19.7 Å². The van der Waals surface area contributed by atoms with Gasteiger partial charge < -0.3 is 20.3 Å². The number of aliphatic hydroxyl groups is 2. The minimum Gasteiger partial charge on any atom is -0.495 e. The molecule has 0 radical (unpaired) electrons. The van der Waals surface area contributed by atoms with Crippen LogP contribution < -0.4 is 10.1 Å². The van der Waals surface area contributed by atoms with E-state index in [1.165, 1.54) is 7.11 Å². The summed E-state index contributed by atoms with van der Waals surface area (Å²) in [6, 6.07) is 19.8. The number of nitrogens with zero attached hydrogens (tertiary/aromatic N) is 1. The number of methoxy groups -OCH3 is 1. The maximum atomic E-state index is 13.1. The summed E-state index contributed by atoms with van der Waals surface area (Å²) < 4.78 is 5.64. The molecular weight excluding hydrogens is 418 g/mol. The molecule has 168 valence electrons. The van der Waals surface area contributed by atoms with Crippen molar-refractivity contribution in [3.8, 4) is 5.75 Å². The van der Waals surface area contributed by atoms with Gasteiger partial charge in [0.25, 0.3) is 5.91 Å². The smallest absolute Gasteiger partial charge is 0.255 e. The number of H-pyrrole nitrogens is 1. The lowest BCUT2D eigenvalue weighted by molar-refractivity contribution is 0.0913. The van der Waals surface area contributed by atoms with Gasteiger partial charge in [0.15, 0.2) is 0 Å². The average Bonchev–Trinajstić information content (AvgIpc) is 3.29. The summed E-state index contributed by atoms with van der Waals surface area (Å²) in [6.07, 6.45) is 3.75. The van der Waals surface area contributed by atoms with Crippen LogP contribution in [0.3, 0.4) is 0 Å². The number of benzene rings is 3. The predicted molar refractivity (Wildman–Crippen MR) is 128 cm³/mol. The van der Waals surface area contributed by atoms with E-state index in [9.17, 15) is 15.0 Å². The van der Waals surface area contributed by atoms with E-state index in [1.807, 2.05) is 66.7 Å². The van der Waals surface area contributed by atoms with Crippen LogP contribution in [0.1, 0.15) is 38.8 Å². The molecule has 0 spiro atoms. The average molecular weight is 444 g/mol. The number of hydrogen-bond acceptors (Lipinski definition) is 5. The summed E-state index contributed by atoms with van der Waals surface area (Å²) in [4.78, 5) is 13.1. The van der Waals surface area contributed by atoms with Crippen molar-refractivity contribution in [3.63, 3.8) is 0 Å². The first kappa shape index (κ1) is 22.3. The zero-order valence-electron chi connectivity index (χ0n) is 18.2. The molecular formula is C26H25N3O4. The molecule has 0 saturated heterocycles. The fourth-order valence-electron chi connectivity index (χ4n) is 3.68. The van der Waals surface area contributed by atoms with Gasteiger partial charge in [0.05, 0.1) is 48.5 Å². The second-order valence-electron chi connectivity index (χ2n) is 7.53. The highest BCUT2D eigenvalue weighted by Crippen LogP contribution is 2.32. The van der Waals surface area contributed by atoms with Crippen molar-refractivity contribution in [1.29, 1.82) is 0 Å². The Morgan fingerprint density at radius 3 is 2.48 bits per heavy atom. The lowest BCUT2D eigenvalue weighted by Gasteiger charge is -2.18. The molecule has 33 heavy (non-hydrogen) atoms. The van der Waals surface area contributed by atoms with Gasteiger partial charge in [0, 0.05) is 0 Å². The normalized spacial score (nSPS) is 12.2. The molecule has 0 aliphatic carbocycles. The number of fused-ring (bicyclic) bond motifs is 1. The number of aromatic nitrogens is 2. The highest BCUT2D eigenvalue weighted by Gasteiger charge is 2.21. The molecule has 4 rings (SSSR count). The number of amides is 1. The Morgan fingerprint density at radius 1 is 1.06 bits per heavy atom. The third-order valence-electron chi connectivity index (χ3n) is 5.45. The largest absolute Gasteiger partial charge is 0.495 e. The maximum Gasteiger partial charge on any atom is 0.255 e. The Morgan fingerprint density at radius 2 is 1.82 bits per heavy atom. The van der Waals surface area contributed by atoms with E-state index in [0.29, 0.717) is 22.4 Å². The molecule has 7 heteroatoms. The number of aliphatic hydroxyl groups excluding tert-OH is 2. The van der Waals surface area contributed by atoms with E-state index in [4.69, 9.17) is 4.74 Å². The zero-order chi connectivity index (χ0) is 23.2. The van der Waals surface area contributed by atoms with Crippen molar-refractivity contribution in [2.75, 3.05) is 13.7 Å². The van der Waals surface area contributed by atoms with Crippen molar-refractivity contribution in [2.45, 2.75) is 12.6 Å². The highest BCUT2D eigenvalue weighted by molar-refractivity contribution is 6.05. The molecule has 1 atom stereocenters. The molecule has 4 aromatic rings. The van der Waals surface area contributed by atoms with Crippen LogP contribution in [0, 0.1) is 0 Å². The lowest BCUT2D eigenvalue weighted by Crippen LogP contribution is -2.31. The topological polar surface area (TPSA) is 107 Å². The number of carbonyl (C=O) groups is 1. The quantitative estimate of drug-likeness (QED) is 0.332. The number of rotatable bonds is 8. The van der Waals surface area contributed by atoms with E-state index in [0.717, 1.165) is 22.2 Å². The fraction of sp³-hybridized carbons (Fsp3) is 0.154. The van der Waals surface area contributed by atoms with Crippen molar-refractivity contribution in [3.05, 3.63) is 94.7 Å². The van der Waals surface area contributed by atoms with Gasteiger partial charge in [-0.15, -0.1) is 0 Å². The van der Waals surface area contributed by atoms with Crippen molar-refractivity contribution in [1.82, 2.24) is 15.5 Å². The summed E-state index contributed by atoms with van der Waals surface area (Å²) in [5.41, 5.74) is 4.32. The first-order valence-electron chi connectivity index (χ1n) is 10.5. The third-order valence-corrected chi connectivity index (χ3v) is 5.45. The molecule has 0 bridgehead atoms. The number of ether oxygens (including phenoxy) is 1. The van der Waals surface area contributed by atoms with E-state index >= 15 is 0 Å². The second kappa shape index (κ2) is 10.1. The Balaban J connectivity index is 1.65. The van der Waals surface area contributed by atoms with Crippen LogP contribution in [0.15, 0.2) is 66.7 Å². The third kappa shape index (κ3) is 4.79. The Bertz CT molecular complexity index is 1260. The SMILES string of the molecule is COc1c(C(=O)N[C@H](CO)c2ccccc2)ccc2[nH]nc(/C=C/c3ccc(CO)cc3)c12. The summed E-state index contributed by atoms with van der Waals surface area (Å²) in [7, 11) is 1.51. The summed E-state index contributed by atoms with van der Waals surface area (Å²) in [5.74, 6) is 0.0474. The molecule has 1 aromatic heterocycles. The van der Waals surface area contributed by atoms with E-state index in [2.05, 4.69) is 15.5 Å². The molecule has 0 fully saturated rings. The Hall–Kier alpha value is -3.94. The van der Waals surface area contributed by atoms with E-state index < -0.39 is 6.04 Å². The van der Waals surface area contributed by atoms with Crippen LogP contribution in [-0.2, 0) is 6.61 Å². The first-order chi connectivity index (χ1) is 16.1. The first-order valence-corrected chi connectivity index (χ1v) is 10.5. The van der Waals surface area contributed by atoms with Crippen LogP contribution >= 0.6 is 0 Å². The molecule has 3 aromatic carbocycles. The zero-order valence-corrected chi connectivity index (χ0v) is 18.2. The van der Waals surface area contributed by atoms with Gasteiger partial charge in [-0.2, -0.15) is 5.10 Å². The number of aromatic amines is 1. The van der Waals surface area contributed by atoms with Crippen LogP contribution in [0.2, 0.25) is 0 Å². The minimum atomic E-state index is -0.537. The maximum absolute atomic E-state index is 13.1. The summed E-state index contributed by atoms with van der Waals surface area (Å²) in [5, 5.41) is 29.9. The van der Waals surface area contributed by atoms with Gasteiger partial charge in [-0.3, -0.25) is 9.89 Å². The van der Waals surface area contributed by atoms with Gasteiger partial charge in [0.2, 0.25) is 0 Å². The number of carbonyl (C=O) groups excluding carboxylic acids is 1. The number of nitrogens with one attached hydrogen (secondary N) is 2. The predicted octanol–water partition coefficient (Wildman–Crippen LogP) is 3.70. The number of hydrogen-bond donors (Lipinski definition) is 4. The highest BCUT2D eigenvalue weighted by atomic mass is 16.5. The van der Waals surface area contributed by atoms with Crippen molar-refractivity contribution >= 4 is 29.0 Å². The van der Waals surface area contributed by atoms with Crippen LogP contribution in [0.25, 0.3) is 23.1 Å². The van der Waals surface area contributed by atoms with Gasteiger partial charge >= 0.3 is 0 Å². The molecule has 1 heterocycles. The van der Waals surface area contributed by atoms with E-state index in [-0.39, 0.29) is 19.1 Å². The molecule has 0 saturated carbocycles. The second-order valence-corrected chi connectivity index (χ2v) is 7.53. The van der Waals surface area contributed by atoms with Gasteiger partial charge in [-0.05, 0) is 34.9 Å². The fourth-order valence-corrected chi connectivity index (χ4v) is 3.68. The monoisotopic (exact) mass is 443 g/mol. The molecule has 7 nitrogen and oxygen atoms in total. The van der Waals surface area contributed by atoms with E-state index in [1.54, 1.807) is 12.1 Å². The Kier molecular flexibility index (Phi) is 6.83. The Labute approximate surface area is 191 Å². The van der Waals surface area contributed by atoms with Crippen LogP contribution in [-0.4, -0.2) is 40.0 Å². The van der Waals surface area contributed by atoms with Gasteiger partial charge in [-0.25, -0.2) is 0 Å². The van der Waals surface area contributed by atoms with Crippen molar-refractivity contribution in [2.24, 2.45) is 0 Å². The van der Waals surface area contributed by atoms with Gasteiger partial charge in [0.1, 0.15) is 5.75 Å². The summed E-state index contributed by atoms with van der Waals surface area (Å²) in [6.45, 7) is -0.230. The molecule has 0 unspecified atom stereocenters. The summed E-state index contributed by atoms with van der Waals surface area (Å²) >= 11 is 0. The van der Waals surface area contributed by atoms with Gasteiger partial charge in [-0.1, -0.05) is 60.7 Å². The van der Waals surface area contributed by atoms with Crippen LogP contribution in [0.4, 0.5) is 0 Å². The lowest BCUT2D eigenvalue weighted by atomic mass is 10.0. The minimum absolute atomic E-state index is 0.00253.